The first-order chi connectivity index (χ1) is 13.2. The van der Waals surface area contributed by atoms with Gasteiger partial charge in [-0.2, -0.15) is 0 Å². The van der Waals surface area contributed by atoms with Gasteiger partial charge in [-0.15, -0.1) is 0 Å². The molecule has 3 aliphatic heterocycles. The SMILES string of the molecule is OC1(c2cnc(N3CCCC3)nc2)CC2CCC(C1)N2Cc1ccccc1. The zero-order valence-electron chi connectivity index (χ0n) is 15.8. The van der Waals surface area contributed by atoms with Crippen molar-refractivity contribution in [2.45, 2.75) is 62.8 Å². The van der Waals surface area contributed by atoms with E-state index >= 15 is 0 Å². The van der Waals surface area contributed by atoms with Crippen LogP contribution in [0.25, 0.3) is 0 Å². The maximum absolute atomic E-state index is 11.4. The molecule has 5 heteroatoms. The maximum Gasteiger partial charge on any atom is 0.225 e. The summed E-state index contributed by atoms with van der Waals surface area (Å²) in [6.45, 7) is 3.07. The van der Waals surface area contributed by atoms with Crippen molar-refractivity contribution in [1.82, 2.24) is 14.9 Å². The van der Waals surface area contributed by atoms with Crippen LogP contribution in [0.5, 0.6) is 0 Å². The molecule has 1 aromatic carbocycles. The van der Waals surface area contributed by atoms with Gasteiger partial charge >= 0.3 is 0 Å². The van der Waals surface area contributed by atoms with Crippen molar-refractivity contribution in [3.8, 4) is 0 Å². The number of fused-ring (bicyclic) bond motifs is 2. The Morgan fingerprint density at radius 2 is 1.59 bits per heavy atom. The summed E-state index contributed by atoms with van der Waals surface area (Å²) in [6.07, 6.45) is 10.1. The third kappa shape index (κ3) is 3.23. The van der Waals surface area contributed by atoms with Crippen LogP contribution in [0.4, 0.5) is 5.95 Å². The van der Waals surface area contributed by atoms with Crippen molar-refractivity contribution in [2.75, 3.05) is 18.0 Å². The fourth-order valence-corrected chi connectivity index (χ4v) is 5.25. The van der Waals surface area contributed by atoms with Gasteiger partial charge in [0.15, 0.2) is 0 Å². The normalized spacial score (nSPS) is 30.8. The van der Waals surface area contributed by atoms with E-state index in [9.17, 15) is 5.11 Å². The monoisotopic (exact) mass is 364 g/mol. The number of aromatic nitrogens is 2. The van der Waals surface area contributed by atoms with Crippen LogP contribution in [-0.2, 0) is 12.1 Å². The van der Waals surface area contributed by atoms with Gasteiger partial charge in [-0.1, -0.05) is 30.3 Å². The highest BCUT2D eigenvalue weighted by Gasteiger charge is 2.48. The zero-order valence-corrected chi connectivity index (χ0v) is 15.8. The molecule has 1 N–H and O–H groups in total. The highest BCUT2D eigenvalue weighted by atomic mass is 16.3. The maximum atomic E-state index is 11.4. The molecule has 0 radical (unpaired) electrons. The quantitative estimate of drug-likeness (QED) is 0.903. The molecular formula is C22H28N4O. The molecule has 3 aliphatic rings. The van der Waals surface area contributed by atoms with E-state index in [1.165, 1.54) is 31.2 Å². The van der Waals surface area contributed by atoms with Crippen LogP contribution in [0.2, 0.25) is 0 Å². The molecule has 27 heavy (non-hydrogen) atoms. The number of rotatable bonds is 4. The van der Waals surface area contributed by atoms with Crippen LogP contribution in [0.15, 0.2) is 42.7 Å². The number of aliphatic hydroxyl groups is 1. The van der Waals surface area contributed by atoms with Gasteiger partial charge in [0.1, 0.15) is 0 Å². The Kier molecular flexibility index (Phi) is 4.37. The van der Waals surface area contributed by atoms with Crippen LogP contribution in [0.3, 0.4) is 0 Å². The molecule has 2 unspecified atom stereocenters. The Morgan fingerprint density at radius 3 is 2.22 bits per heavy atom. The lowest BCUT2D eigenvalue weighted by atomic mass is 9.81. The van der Waals surface area contributed by atoms with E-state index in [4.69, 9.17) is 0 Å². The molecule has 4 heterocycles. The van der Waals surface area contributed by atoms with E-state index < -0.39 is 5.60 Å². The van der Waals surface area contributed by atoms with Gasteiger partial charge in [0.25, 0.3) is 0 Å². The van der Waals surface area contributed by atoms with Crippen LogP contribution < -0.4 is 4.90 Å². The summed E-state index contributed by atoms with van der Waals surface area (Å²) >= 11 is 0. The second-order valence-corrected chi connectivity index (χ2v) is 8.45. The minimum absolute atomic E-state index is 0.437. The third-order valence-electron chi connectivity index (χ3n) is 6.69. The van der Waals surface area contributed by atoms with Crippen molar-refractivity contribution in [1.29, 1.82) is 0 Å². The lowest BCUT2D eigenvalue weighted by Gasteiger charge is -2.44. The molecular weight excluding hydrogens is 336 g/mol. The molecule has 3 saturated heterocycles. The zero-order chi connectivity index (χ0) is 18.3. The Balaban J connectivity index is 1.32. The third-order valence-corrected chi connectivity index (χ3v) is 6.69. The molecule has 2 bridgehead atoms. The Hall–Kier alpha value is -1.98. The number of piperidine rings is 1. The summed E-state index contributed by atoms with van der Waals surface area (Å²) in [6, 6.07) is 11.6. The minimum atomic E-state index is -0.789. The molecule has 142 valence electrons. The van der Waals surface area contributed by atoms with Gasteiger partial charge in [0.2, 0.25) is 5.95 Å². The van der Waals surface area contributed by atoms with E-state index in [-0.39, 0.29) is 0 Å². The predicted molar refractivity (Wildman–Crippen MR) is 105 cm³/mol. The van der Waals surface area contributed by atoms with Gasteiger partial charge in [0, 0.05) is 49.7 Å². The molecule has 0 amide bonds. The summed E-state index contributed by atoms with van der Waals surface area (Å²) in [5, 5.41) is 11.4. The predicted octanol–water partition coefficient (Wildman–Crippen LogP) is 3.09. The average Bonchev–Trinajstić information content (AvgIpc) is 3.31. The fourth-order valence-electron chi connectivity index (χ4n) is 5.25. The van der Waals surface area contributed by atoms with Gasteiger partial charge in [-0.3, -0.25) is 4.90 Å². The summed E-state index contributed by atoms with van der Waals surface area (Å²) in [5.74, 6) is 0.810. The van der Waals surface area contributed by atoms with Crippen LogP contribution in [0.1, 0.15) is 49.7 Å². The molecule has 5 rings (SSSR count). The lowest BCUT2D eigenvalue weighted by molar-refractivity contribution is -0.0599. The van der Waals surface area contributed by atoms with Gasteiger partial charge in [-0.25, -0.2) is 9.97 Å². The summed E-state index contributed by atoms with van der Waals surface area (Å²) in [4.78, 5) is 14.0. The second-order valence-electron chi connectivity index (χ2n) is 8.45. The van der Waals surface area contributed by atoms with E-state index in [1.807, 2.05) is 12.4 Å². The fraction of sp³-hybridized carbons (Fsp3) is 0.545. The molecule has 0 saturated carbocycles. The van der Waals surface area contributed by atoms with Crippen LogP contribution in [0, 0.1) is 0 Å². The highest BCUT2D eigenvalue weighted by molar-refractivity contribution is 5.33. The second kappa shape index (κ2) is 6.88. The Labute approximate surface area is 161 Å². The molecule has 5 nitrogen and oxygen atoms in total. The first-order valence-electron chi connectivity index (χ1n) is 10.3. The first kappa shape index (κ1) is 17.1. The molecule has 2 aromatic rings. The molecule has 1 aromatic heterocycles. The lowest BCUT2D eigenvalue weighted by Crippen LogP contribution is -2.49. The Bertz CT molecular complexity index is 759. The number of benzene rings is 1. The smallest absolute Gasteiger partial charge is 0.225 e. The number of nitrogens with zero attached hydrogens (tertiary/aromatic N) is 4. The van der Waals surface area contributed by atoms with Crippen LogP contribution >= 0.6 is 0 Å². The Morgan fingerprint density at radius 1 is 0.963 bits per heavy atom. The number of anilines is 1. The average molecular weight is 364 g/mol. The largest absolute Gasteiger partial charge is 0.385 e. The molecule has 0 aliphatic carbocycles. The van der Waals surface area contributed by atoms with Crippen LogP contribution in [-0.4, -0.2) is 45.1 Å². The summed E-state index contributed by atoms with van der Waals surface area (Å²) in [7, 11) is 0. The van der Waals surface area contributed by atoms with Crippen molar-refractivity contribution in [3.05, 3.63) is 53.9 Å². The van der Waals surface area contributed by atoms with Crippen molar-refractivity contribution in [3.63, 3.8) is 0 Å². The van der Waals surface area contributed by atoms with E-state index in [0.29, 0.717) is 12.1 Å². The van der Waals surface area contributed by atoms with Crippen molar-refractivity contribution < 1.29 is 5.11 Å². The van der Waals surface area contributed by atoms with E-state index in [2.05, 4.69) is 50.1 Å². The van der Waals surface area contributed by atoms with Gasteiger partial charge in [0.05, 0.1) is 5.60 Å². The molecule has 2 atom stereocenters. The highest BCUT2D eigenvalue weighted by Crippen LogP contribution is 2.46. The number of hydrogen-bond acceptors (Lipinski definition) is 5. The van der Waals surface area contributed by atoms with Crippen molar-refractivity contribution in [2.24, 2.45) is 0 Å². The van der Waals surface area contributed by atoms with Gasteiger partial charge in [-0.05, 0) is 44.1 Å². The molecule has 0 spiro atoms. The molecule has 3 fully saturated rings. The van der Waals surface area contributed by atoms with E-state index in [0.717, 1.165) is 44.0 Å². The summed E-state index contributed by atoms with van der Waals surface area (Å²) < 4.78 is 0. The minimum Gasteiger partial charge on any atom is -0.385 e. The first-order valence-corrected chi connectivity index (χ1v) is 10.3. The standard InChI is InChI=1S/C22H28N4O/c27-22(18-14-23-21(24-15-18)25-10-4-5-11-25)12-19-8-9-20(13-22)26(19)16-17-6-2-1-3-7-17/h1-3,6-7,14-15,19-20,27H,4-5,8-13,16H2. The van der Waals surface area contributed by atoms with Gasteiger partial charge < -0.3 is 10.0 Å². The number of hydrogen-bond donors (Lipinski definition) is 1. The van der Waals surface area contributed by atoms with Crippen molar-refractivity contribution >= 4 is 5.95 Å². The summed E-state index contributed by atoms with van der Waals surface area (Å²) in [5.41, 5.74) is 1.46. The topological polar surface area (TPSA) is 52.5 Å². The van der Waals surface area contributed by atoms with E-state index in [1.54, 1.807) is 0 Å².